The molecule has 2 heteroatoms. The van der Waals surface area contributed by atoms with Crippen LogP contribution in [0.3, 0.4) is 0 Å². The third kappa shape index (κ3) is 4.14. The van der Waals surface area contributed by atoms with Crippen LogP contribution in [-0.4, -0.2) is 12.6 Å². The highest BCUT2D eigenvalue weighted by molar-refractivity contribution is 5.90. The highest BCUT2D eigenvalue weighted by Crippen LogP contribution is 1.96. The maximum atomic E-state index is 10.9. The van der Waals surface area contributed by atoms with Crippen molar-refractivity contribution in [1.82, 2.24) is 0 Å². The van der Waals surface area contributed by atoms with Gasteiger partial charge < -0.3 is 4.74 Å². The second-order valence-electron chi connectivity index (χ2n) is 1.91. The maximum Gasteiger partial charge on any atom is 0.337 e. The van der Waals surface area contributed by atoms with E-state index in [1.807, 2.05) is 6.92 Å². The number of hydrogen-bond acceptors (Lipinski definition) is 2. The molecule has 0 rings (SSSR count). The lowest BCUT2D eigenvalue weighted by molar-refractivity contribution is -0.137. The Morgan fingerprint density at radius 2 is 2.27 bits per heavy atom. The summed E-state index contributed by atoms with van der Waals surface area (Å²) < 4.78 is 4.70. The van der Waals surface area contributed by atoms with Gasteiger partial charge in [0.15, 0.2) is 0 Å². The molecule has 0 radical (unpaired) electrons. The molecule has 0 aromatic carbocycles. The normalized spacial score (nSPS) is 9.55. The Balaban J connectivity index is 3.83. The fourth-order valence-corrected chi connectivity index (χ4v) is 0.497. The molecule has 0 saturated heterocycles. The molecule has 0 aliphatic carbocycles. The van der Waals surface area contributed by atoms with E-state index in [1.165, 1.54) is 6.08 Å². The van der Waals surface area contributed by atoms with Gasteiger partial charge in [0, 0.05) is 0 Å². The average molecular weight is 152 g/mol. The van der Waals surface area contributed by atoms with Crippen LogP contribution < -0.4 is 0 Å². The molecule has 0 spiro atoms. The van der Waals surface area contributed by atoms with Gasteiger partial charge >= 0.3 is 5.97 Å². The van der Waals surface area contributed by atoms with Gasteiger partial charge in [-0.15, -0.1) is 0 Å². The number of carbonyl (C=O) groups excluding carboxylic acids is 1. The van der Waals surface area contributed by atoms with Crippen molar-refractivity contribution in [1.29, 1.82) is 0 Å². The summed E-state index contributed by atoms with van der Waals surface area (Å²) in [5, 5.41) is 0. The van der Waals surface area contributed by atoms with Crippen molar-refractivity contribution in [3.8, 4) is 0 Å². The molecule has 0 atom stereocenters. The first kappa shape index (κ1) is 9.69. The Labute approximate surface area is 66.9 Å². The number of ether oxygens (including phenoxy) is 1. The van der Waals surface area contributed by atoms with Crippen LogP contribution in [0.25, 0.3) is 0 Å². The minimum Gasteiger partial charge on any atom is -0.458 e. The lowest BCUT2D eigenvalue weighted by atomic mass is 10.3. The lowest BCUT2D eigenvalue weighted by Gasteiger charge is -1.99. The molecular weight excluding hydrogens is 140 g/mol. The van der Waals surface area contributed by atoms with Crippen LogP contribution in [0.15, 0.2) is 37.0 Å². The average Bonchev–Trinajstić information content (AvgIpc) is 2.00. The third-order valence-electron chi connectivity index (χ3n) is 0.962. The van der Waals surface area contributed by atoms with E-state index in [0.717, 1.165) is 0 Å². The summed E-state index contributed by atoms with van der Waals surface area (Å²) in [4.78, 5) is 10.9. The van der Waals surface area contributed by atoms with Crippen molar-refractivity contribution in [2.45, 2.75) is 6.92 Å². The van der Waals surface area contributed by atoms with Gasteiger partial charge in [0.25, 0.3) is 0 Å². The molecule has 0 bridgehead atoms. The van der Waals surface area contributed by atoms with Crippen LogP contribution in [0.2, 0.25) is 0 Å². The van der Waals surface area contributed by atoms with Crippen LogP contribution in [-0.2, 0) is 9.53 Å². The van der Waals surface area contributed by atoms with E-state index in [0.29, 0.717) is 5.57 Å². The molecule has 0 N–H and O–H groups in total. The second kappa shape index (κ2) is 5.47. The summed E-state index contributed by atoms with van der Waals surface area (Å²) in [7, 11) is 0. The first-order valence-corrected chi connectivity index (χ1v) is 3.32. The first-order valence-electron chi connectivity index (χ1n) is 3.32. The van der Waals surface area contributed by atoms with Crippen LogP contribution in [0.4, 0.5) is 0 Å². The molecule has 0 heterocycles. The fourth-order valence-electron chi connectivity index (χ4n) is 0.497. The SMILES string of the molecule is C=CCOC(=O)C(=C)C=CC. The molecule has 0 amide bonds. The van der Waals surface area contributed by atoms with Crippen molar-refractivity contribution in [3.63, 3.8) is 0 Å². The Morgan fingerprint density at radius 1 is 1.64 bits per heavy atom. The van der Waals surface area contributed by atoms with Gasteiger partial charge in [0.1, 0.15) is 6.61 Å². The molecule has 0 saturated carbocycles. The molecular formula is C9H12O2. The largest absolute Gasteiger partial charge is 0.458 e. The molecule has 60 valence electrons. The second-order valence-corrected chi connectivity index (χ2v) is 1.91. The standard InChI is InChI=1S/C9H12O2/c1-4-6-8(3)9(10)11-7-5-2/h4-6H,2-3,7H2,1H3. The molecule has 0 unspecified atom stereocenters. The fraction of sp³-hybridized carbons (Fsp3) is 0.222. The van der Waals surface area contributed by atoms with E-state index in [9.17, 15) is 4.79 Å². The Hall–Kier alpha value is -1.31. The van der Waals surface area contributed by atoms with Crippen molar-refractivity contribution < 1.29 is 9.53 Å². The number of carbonyl (C=O) groups is 1. The first-order chi connectivity index (χ1) is 5.22. The van der Waals surface area contributed by atoms with Gasteiger partial charge in [-0.3, -0.25) is 0 Å². The number of allylic oxidation sites excluding steroid dienone is 1. The molecule has 2 nitrogen and oxygen atoms in total. The third-order valence-corrected chi connectivity index (χ3v) is 0.962. The molecule has 0 fully saturated rings. The quantitative estimate of drug-likeness (QED) is 0.266. The van der Waals surface area contributed by atoms with E-state index in [4.69, 9.17) is 4.74 Å². The van der Waals surface area contributed by atoms with Crippen LogP contribution in [0.5, 0.6) is 0 Å². The van der Waals surface area contributed by atoms with Gasteiger partial charge in [-0.2, -0.15) is 0 Å². The van der Waals surface area contributed by atoms with E-state index in [2.05, 4.69) is 13.2 Å². The Bertz CT molecular complexity index is 190. The highest BCUT2D eigenvalue weighted by atomic mass is 16.5. The van der Waals surface area contributed by atoms with E-state index in [-0.39, 0.29) is 6.61 Å². The van der Waals surface area contributed by atoms with Gasteiger partial charge in [0.05, 0.1) is 5.57 Å². The van der Waals surface area contributed by atoms with E-state index in [1.54, 1.807) is 12.2 Å². The molecule has 11 heavy (non-hydrogen) atoms. The maximum absolute atomic E-state index is 10.9. The minimum atomic E-state index is -0.400. The molecule has 0 aromatic rings. The van der Waals surface area contributed by atoms with Crippen molar-refractivity contribution in [3.05, 3.63) is 37.0 Å². The monoisotopic (exact) mass is 152 g/mol. The zero-order chi connectivity index (χ0) is 8.69. The highest BCUT2D eigenvalue weighted by Gasteiger charge is 2.01. The van der Waals surface area contributed by atoms with Crippen molar-refractivity contribution >= 4 is 5.97 Å². The van der Waals surface area contributed by atoms with Gasteiger partial charge in [-0.1, -0.05) is 31.4 Å². The summed E-state index contributed by atoms with van der Waals surface area (Å²) in [5.74, 6) is -0.400. The summed E-state index contributed by atoms with van der Waals surface area (Å²) in [6.45, 7) is 8.96. The van der Waals surface area contributed by atoms with E-state index < -0.39 is 5.97 Å². The van der Waals surface area contributed by atoms with Gasteiger partial charge in [0.2, 0.25) is 0 Å². The Kier molecular flexibility index (Phi) is 4.82. The summed E-state index contributed by atoms with van der Waals surface area (Å²) >= 11 is 0. The smallest absolute Gasteiger partial charge is 0.337 e. The van der Waals surface area contributed by atoms with Gasteiger partial charge in [-0.05, 0) is 6.92 Å². The summed E-state index contributed by atoms with van der Waals surface area (Å²) in [5.41, 5.74) is 0.356. The van der Waals surface area contributed by atoms with Crippen molar-refractivity contribution in [2.24, 2.45) is 0 Å². The molecule has 0 aliphatic rings. The van der Waals surface area contributed by atoms with Crippen LogP contribution in [0, 0.1) is 0 Å². The molecule has 0 aliphatic heterocycles. The number of esters is 1. The summed E-state index contributed by atoms with van der Waals surface area (Å²) in [6.07, 6.45) is 4.85. The zero-order valence-corrected chi connectivity index (χ0v) is 6.67. The Morgan fingerprint density at radius 3 is 2.73 bits per heavy atom. The van der Waals surface area contributed by atoms with Crippen LogP contribution >= 0.6 is 0 Å². The number of rotatable bonds is 4. The lowest BCUT2D eigenvalue weighted by Crippen LogP contribution is -2.04. The minimum absolute atomic E-state index is 0.232. The van der Waals surface area contributed by atoms with Crippen molar-refractivity contribution in [2.75, 3.05) is 6.61 Å². The molecule has 0 aromatic heterocycles. The summed E-state index contributed by atoms with van der Waals surface area (Å²) in [6, 6.07) is 0. The predicted molar refractivity (Wildman–Crippen MR) is 45.1 cm³/mol. The van der Waals surface area contributed by atoms with E-state index >= 15 is 0 Å². The van der Waals surface area contributed by atoms with Crippen LogP contribution in [0.1, 0.15) is 6.92 Å². The topological polar surface area (TPSA) is 26.3 Å². The number of hydrogen-bond donors (Lipinski definition) is 0. The zero-order valence-electron chi connectivity index (χ0n) is 6.67. The predicted octanol–water partition coefficient (Wildman–Crippen LogP) is 1.85. The van der Waals surface area contributed by atoms with Gasteiger partial charge in [-0.25, -0.2) is 4.79 Å².